The van der Waals surface area contributed by atoms with Crippen molar-refractivity contribution >= 4 is 11.9 Å². The molecule has 1 aromatic carbocycles. The lowest BCUT2D eigenvalue weighted by atomic mass is 9.98. The number of hydrogen-bond donors (Lipinski definition) is 1. The van der Waals surface area contributed by atoms with Gasteiger partial charge in [-0.05, 0) is 31.9 Å². The van der Waals surface area contributed by atoms with Gasteiger partial charge in [0.2, 0.25) is 5.91 Å². The van der Waals surface area contributed by atoms with Crippen LogP contribution in [0.5, 0.6) is 5.75 Å². The van der Waals surface area contributed by atoms with Gasteiger partial charge in [0.25, 0.3) is 0 Å². The van der Waals surface area contributed by atoms with Crippen LogP contribution >= 0.6 is 0 Å². The molecule has 0 spiro atoms. The minimum absolute atomic E-state index is 0.0342. The summed E-state index contributed by atoms with van der Waals surface area (Å²) in [5, 5.41) is 9.02. The summed E-state index contributed by atoms with van der Waals surface area (Å²) in [6.45, 7) is 3.28. The van der Waals surface area contributed by atoms with Crippen molar-refractivity contribution in [3.05, 3.63) is 29.8 Å². The van der Waals surface area contributed by atoms with E-state index in [4.69, 9.17) is 9.84 Å². The number of carbonyl (C=O) groups is 2. The highest BCUT2D eigenvalue weighted by atomic mass is 16.5. The lowest BCUT2D eigenvalue weighted by Crippen LogP contribution is -2.42. The number of benzene rings is 1. The molecule has 1 atom stereocenters. The van der Waals surface area contributed by atoms with Gasteiger partial charge in [-0.15, -0.1) is 0 Å². The van der Waals surface area contributed by atoms with Gasteiger partial charge in [-0.2, -0.15) is 0 Å². The second-order valence-electron chi connectivity index (χ2n) is 5.43. The molecule has 1 heterocycles. The average molecular weight is 291 g/mol. The Morgan fingerprint density at radius 1 is 1.33 bits per heavy atom. The standard InChI is InChI=1S/C16H21NO4/c1-12-4-6-14(7-5-12)21-10-8-15(18)17-9-2-3-13(11-17)16(19)20/h4-7,13H,2-3,8-11H2,1H3,(H,19,20)/t13-/m0/s1. The Kier molecular flexibility index (Phi) is 5.20. The van der Waals surface area contributed by atoms with Crippen LogP contribution in [0.15, 0.2) is 24.3 Å². The van der Waals surface area contributed by atoms with E-state index in [0.717, 1.165) is 17.7 Å². The first-order valence-corrected chi connectivity index (χ1v) is 7.26. The summed E-state index contributed by atoms with van der Waals surface area (Å²) in [4.78, 5) is 24.7. The van der Waals surface area contributed by atoms with Crippen LogP contribution < -0.4 is 4.74 Å². The minimum atomic E-state index is -0.816. The molecule has 2 rings (SSSR count). The van der Waals surface area contributed by atoms with Crippen LogP contribution in [0.3, 0.4) is 0 Å². The number of likely N-dealkylation sites (tertiary alicyclic amines) is 1. The predicted molar refractivity (Wildman–Crippen MR) is 78.2 cm³/mol. The predicted octanol–water partition coefficient (Wildman–Crippen LogP) is 2.09. The van der Waals surface area contributed by atoms with E-state index in [1.807, 2.05) is 31.2 Å². The van der Waals surface area contributed by atoms with E-state index in [1.54, 1.807) is 4.90 Å². The summed E-state index contributed by atoms with van der Waals surface area (Å²) < 4.78 is 5.53. The molecule has 0 aromatic heterocycles. The van der Waals surface area contributed by atoms with Crippen molar-refractivity contribution in [2.75, 3.05) is 19.7 Å². The van der Waals surface area contributed by atoms with Gasteiger partial charge < -0.3 is 14.7 Å². The topological polar surface area (TPSA) is 66.8 Å². The van der Waals surface area contributed by atoms with E-state index >= 15 is 0 Å². The van der Waals surface area contributed by atoms with Crippen molar-refractivity contribution in [2.45, 2.75) is 26.2 Å². The van der Waals surface area contributed by atoms with Crippen molar-refractivity contribution in [1.29, 1.82) is 0 Å². The molecular weight excluding hydrogens is 270 g/mol. The lowest BCUT2D eigenvalue weighted by Gasteiger charge is -2.30. The Morgan fingerprint density at radius 2 is 2.05 bits per heavy atom. The van der Waals surface area contributed by atoms with E-state index in [2.05, 4.69) is 0 Å². The van der Waals surface area contributed by atoms with Gasteiger partial charge in [0, 0.05) is 13.1 Å². The number of carbonyl (C=O) groups excluding carboxylic acids is 1. The first kappa shape index (κ1) is 15.4. The number of carboxylic acids is 1. The van der Waals surface area contributed by atoms with Gasteiger partial charge in [-0.1, -0.05) is 17.7 Å². The number of hydrogen-bond acceptors (Lipinski definition) is 3. The highest BCUT2D eigenvalue weighted by Crippen LogP contribution is 2.17. The number of ether oxygens (including phenoxy) is 1. The highest BCUT2D eigenvalue weighted by Gasteiger charge is 2.27. The molecule has 1 aliphatic heterocycles. The number of nitrogens with zero attached hydrogens (tertiary/aromatic N) is 1. The van der Waals surface area contributed by atoms with Gasteiger partial charge in [0.05, 0.1) is 18.9 Å². The second-order valence-corrected chi connectivity index (χ2v) is 5.43. The van der Waals surface area contributed by atoms with E-state index in [9.17, 15) is 9.59 Å². The smallest absolute Gasteiger partial charge is 0.308 e. The van der Waals surface area contributed by atoms with Crippen LogP contribution in [0, 0.1) is 12.8 Å². The molecule has 1 saturated heterocycles. The average Bonchev–Trinajstić information content (AvgIpc) is 2.49. The summed E-state index contributed by atoms with van der Waals surface area (Å²) in [7, 11) is 0. The zero-order valence-corrected chi connectivity index (χ0v) is 12.2. The van der Waals surface area contributed by atoms with Crippen molar-refractivity contribution < 1.29 is 19.4 Å². The number of amides is 1. The van der Waals surface area contributed by atoms with Crippen LogP contribution in [0.2, 0.25) is 0 Å². The molecule has 1 fully saturated rings. The first-order chi connectivity index (χ1) is 10.1. The lowest BCUT2D eigenvalue weighted by molar-refractivity contribution is -0.145. The van der Waals surface area contributed by atoms with Gasteiger partial charge in [-0.25, -0.2) is 0 Å². The first-order valence-electron chi connectivity index (χ1n) is 7.26. The molecule has 0 saturated carbocycles. The fraction of sp³-hybridized carbons (Fsp3) is 0.500. The molecule has 0 bridgehead atoms. The third kappa shape index (κ3) is 4.48. The maximum atomic E-state index is 12.1. The largest absolute Gasteiger partial charge is 0.493 e. The Bertz CT molecular complexity index is 498. The van der Waals surface area contributed by atoms with Crippen LogP contribution in [0.25, 0.3) is 0 Å². The van der Waals surface area contributed by atoms with E-state index in [0.29, 0.717) is 26.1 Å². The van der Waals surface area contributed by atoms with Crippen molar-refractivity contribution in [2.24, 2.45) is 5.92 Å². The zero-order valence-electron chi connectivity index (χ0n) is 12.2. The maximum absolute atomic E-state index is 12.1. The maximum Gasteiger partial charge on any atom is 0.308 e. The highest BCUT2D eigenvalue weighted by molar-refractivity contribution is 5.78. The molecule has 1 aromatic rings. The van der Waals surface area contributed by atoms with Crippen molar-refractivity contribution in [3.63, 3.8) is 0 Å². The van der Waals surface area contributed by atoms with Crippen molar-refractivity contribution in [3.8, 4) is 5.75 Å². The molecule has 1 aliphatic rings. The van der Waals surface area contributed by atoms with Crippen LogP contribution in [-0.4, -0.2) is 41.6 Å². The third-order valence-electron chi connectivity index (χ3n) is 3.73. The molecule has 5 nitrogen and oxygen atoms in total. The Labute approximate surface area is 124 Å². The van der Waals surface area contributed by atoms with Crippen LogP contribution in [-0.2, 0) is 9.59 Å². The normalized spacial score (nSPS) is 18.3. The summed E-state index contributed by atoms with van der Waals surface area (Å²) in [6, 6.07) is 7.67. The zero-order chi connectivity index (χ0) is 15.2. The summed E-state index contributed by atoms with van der Waals surface area (Å²) in [5.41, 5.74) is 1.16. The number of rotatable bonds is 5. The van der Waals surface area contributed by atoms with E-state index in [1.165, 1.54) is 0 Å². The Balaban J connectivity index is 1.76. The molecule has 0 unspecified atom stereocenters. The van der Waals surface area contributed by atoms with Gasteiger partial charge in [0.1, 0.15) is 5.75 Å². The number of aliphatic carboxylic acids is 1. The van der Waals surface area contributed by atoms with Gasteiger partial charge in [0.15, 0.2) is 0 Å². The number of aryl methyl sites for hydroxylation is 1. The number of carboxylic acid groups (broad SMARTS) is 1. The van der Waals surface area contributed by atoms with Crippen molar-refractivity contribution in [1.82, 2.24) is 4.90 Å². The summed E-state index contributed by atoms with van der Waals surface area (Å²) in [6.07, 6.45) is 1.68. The van der Waals surface area contributed by atoms with E-state index < -0.39 is 11.9 Å². The summed E-state index contributed by atoms with van der Waals surface area (Å²) in [5.74, 6) is -0.535. The Morgan fingerprint density at radius 3 is 2.71 bits per heavy atom. The second kappa shape index (κ2) is 7.11. The molecular formula is C16H21NO4. The number of piperidine rings is 1. The minimum Gasteiger partial charge on any atom is -0.493 e. The fourth-order valence-corrected chi connectivity index (χ4v) is 2.45. The fourth-order valence-electron chi connectivity index (χ4n) is 2.45. The monoisotopic (exact) mass is 291 g/mol. The van der Waals surface area contributed by atoms with Crippen LogP contribution in [0.1, 0.15) is 24.8 Å². The molecule has 21 heavy (non-hydrogen) atoms. The molecule has 1 amide bonds. The van der Waals surface area contributed by atoms with Gasteiger partial charge in [-0.3, -0.25) is 9.59 Å². The quantitative estimate of drug-likeness (QED) is 0.902. The third-order valence-corrected chi connectivity index (χ3v) is 3.73. The van der Waals surface area contributed by atoms with E-state index in [-0.39, 0.29) is 12.3 Å². The molecule has 0 aliphatic carbocycles. The molecule has 1 N–H and O–H groups in total. The molecule has 5 heteroatoms. The molecule has 114 valence electrons. The SMILES string of the molecule is Cc1ccc(OCCC(=O)N2CCC[C@H](C(=O)O)C2)cc1. The summed E-state index contributed by atoms with van der Waals surface area (Å²) >= 11 is 0. The Hall–Kier alpha value is -2.04. The van der Waals surface area contributed by atoms with Gasteiger partial charge >= 0.3 is 5.97 Å². The van der Waals surface area contributed by atoms with Crippen LogP contribution in [0.4, 0.5) is 0 Å². The molecule has 0 radical (unpaired) electrons.